The first-order valence-electron chi connectivity index (χ1n) is 7.63. The minimum Gasteiger partial charge on any atom is -0.321 e. The van der Waals surface area contributed by atoms with Crippen molar-refractivity contribution in [3.05, 3.63) is 63.5 Å². The van der Waals surface area contributed by atoms with E-state index < -0.39 is 0 Å². The number of halogens is 1. The first-order chi connectivity index (χ1) is 11.4. The van der Waals surface area contributed by atoms with Crippen LogP contribution in [0.4, 0.5) is 5.69 Å². The Labute approximate surface area is 149 Å². The summed E-state index contributed by atoms with van der Waals surface area (Å²) in [5, 5.41) is 7.23. The average molecular weight is 387 g/mol. The zero-order valence-electron chi connectivity index (χ0n) is 14.1. The number of nitrogens with zero attached hydrogens (tertiary/aromatic N) is 3. The number of nitrogens with one attached hydrogen (secondary N) is 1. The van der Waals surface area contributed by atoms with Crippen LogP contribution in [0.2, 0.25) is 0 Å². The molecule has 6 heteroatoms. The van der Waals surface area contributed by atoms with E-state index in [1.807, 2.05) is 62.7 Å². The first kappa shape index (κ1) is 16.5. The zero-order valence-corrected chi connectivity index (χ0v) is 15.7. The predicted molar refractivity (Wildman–Crippen MR) is 98.8 cm³/mol. The maximum absolute atomic E-state index is 12.8. The summed E-state index contributed by atoms with van der Waals surface area (Å²) in [7, 11) is 1.84. The predicted octanol–water partition coefficient (Wildman–Crippen LogP) is 4.15. The van der Waals surface area contributed by atoms with Crippen LogP contribution in [0.15, 0.2) is 41.0 Å². The molecule has 0 aliphatic heterocycles. The summed E-state index contributed by atoms with van der Waals surface area (Å²) in [5.74, 6) is 0.575. The molecule has 1 aromatic carbocycles. The Bertz CT molecular complexity index is 904. The van der Waals surface area contributed by atoms with Crippen molar-refractivity contribution in [3.63, 3.8) is 0 Å². The molecule has 2 heterocycles. The summed E-state index contributed by atoms with van der Waals surface area (Å²) in [4.78, 5) is 12.8. The van der Waals surface area contributed by atoms with Crippen molar-refractivity contribution in [2.45, 2.75) is 20.8 Å². The fourth-order valence-electron chi connectivity index (χ4n) is 2.77. The van der Waals surface area contributed by atoms with Crippen molar-refractivity contribution in [1.82, 2.24) is 14.3 Å². The number of aromatic nitrogens is 3. The van der Waals surface area contributed by atoms with Crippen molar-refractivity contribution in [3.8, 4) is 5.82 Å². The molecule has 124 valence electrons. The molecule has 0 fully saturated rings. The highest BCUT2D eigenvalue weighted by Crippen LogP contribution is 2.25. The molecule has 24 heavy (non-hydrogen) atoms. The fourth-order valence-corrected chi connectivity index (χ4v) is 3.36. The molecule has 0 aliphatic rings. The Morgan fingerprint density at radius 1 is 1.12 bits per heavy atom. The first-order valence-corrected chi connectivity index (χ1v) is 8.42. The molecule has 1 amide bonds. The molecule has 0 atom stereocenters. The number of carbonyl (C=O) groups excluding carboxylic acids is 1. The number of aryl methyl sites for hydroxylation is 4. The van der Waals surface area contributed by atoms with E-state index in [2.05, 4.69) is 26.3 Å². The van der Waals surface area contributed by atoms with Crippen molar-refractivity contribution in [1.29, 1.82) is 0 Å². The van der Waals surface area contributed by atoms with Gasteiger partial charge in [0.15, 0.2) is 0 Å². The molecule has 0 aliphatic carbocycles. The molecule has 3 aromatic rings. The quantitative estimate of drug-likeness (QED) is 0.734. The summed E-state index contributed by atoms with van der Waals surface area (Å²) in [6, 6.07) is 9.88. The molecule has 2 aromatic heterocycles. The summed E-state index contributed by atoms with van der Waals surface area (Å²) in [6.45, 7) is 6.03. The van der Waals surface area contributed by atoms with Crippen LogP contribution in [0.5, 0.6) is 0 Å². The van der Waals surface area contributed by atoms with E-state index in [0.29, 0.717) is 5.56 Å². The minimum absolute atomic E-state index is 0.185. The second-order valence-corrected chi connectivity index (χ2v) is 6.75. The van der Waals surface area contributed by atoms with Crippen LogP contribution in [0.1, 0.15) is 27.3 Å². The molecule has 0 bridgehead atoms. The monoisotopic (exact) mass is 386 g/mol. The minimum atomic E-state index is -0.185. The molecule has 0 radical (unpaired) electrons. The average Bonchev–Trinajstić information content (AvgIpc) is 3.05. The highest BCUT2D eigenvalue weighted by Gasteiger charge is 2.20. The lowest BCUT2D eigenvalue weighted by Gasteiger charge is -2.13. The molecule has 3 rings (SSSR count). The number of amides is 1. The Morgan fingerprint density at radius 3 is 2.42 bits per heavy atom. The Balaban J connectivity index is 2.00. The van der Waals surface area contributed by atoms with Crippen LogP contribution in [-0.2, 0) is 7.05 Å². The number of hydrogen-bond acceptors (Lipinski definition) is 2. The topological polar surface area (TPSA) is 51.9 Å². The van der Waals surface area contributed by atoms with Crippen LogP contribution in [-0.4, -0.2) is 20.3 Å². The smallest absolute Gasteiger partial charge is 0.261 e. The third-order valence-electron chi connectivity index (χ3n) is 4.01. The van der Waals surface area contributed by atoms with Gasteiger partial charge in [-0.25, -0.2) is 0 Å². The highest BCUT2D eigenvalue weighted by atomic mass is 79.9. The molecule has 0 saturated heterocycles. The standard InChI is InChI=1S/C18H19BrN4O/c1-11-5-8-16(15(19)9-11)21-17(24)14-10-20-22(4)18(14)23-12(2)6-7-13(23)3/h5-10H,1-4H3,(H,21,24). The third-order valence-corrected chi connectivity index (χ3v) is 4.66. The Kier molecular flexibility index (Phi) is 4.32. The van der Waals surface area contributed by atoms with Crippen molar-refractivity contribution in [2.75, 3.05) is 5.32 Å². The lowest BCUT2D eigenvalue weighted by molar-refractivity contribution is 0.102. The van der Waals surface area contributed by atoms with Crippen molar-refractivity contribution >= 4 is 27.5 Å². The Hall–Kier alpha value is -2.34. The van der Waals surface area contributed by atoms with Gasteiger partial charge in [0, 0.05) is 22.9 Å². The highest BCUT2D eigenvalue weighted by molar-refractivity contribution is 9.10. The molecular formula is C18H19BrN4O. The van der Waals surface area contributed by atoms with Gasteiger partial charge in [-0.3, -0.25) is 9.48 Å². The molecule has 0 unspecified atom stereocenters. The van der Waals surface area contributed by atoms with E-state index in [9.17, 15) is 4.79 Å². The normalized spacial score (nSPS) is 10.9. The Morgan fingerprint density at radius 2 is 1.79 bits per heavy atom. The maximum atomic E-state index is 12.8. The summed E-state index contributed by atoms with van der Waals surface area (Å²) >= 11 is 3.49. The van der Waals surface area contributed by atoms with Crippen LogP contribution in [0, 0.1) is 20.8 Å². The maximum Gasteiger partial charge on any atom is 0.261 e. The van der Waals surface area contributed by atoms with Crippen LogP contribution in [0.25, 0.3) is 5.82 Å². The van der Waals surface area contributed by atoms with Crippen LogP contribution < -0.4 is 5.32 Å². The van der Waals surface area contributed by atoms with E-state index in [4.69, 9.17) is 0 Å². The molecule has 5 nitrogen and oxygen atoms in total. The van der Waals surface area contributed by atoms with Crippen molar-refractivity contribution in [2.24, 2.45) is 7.05 Å². The van der Waals surface area contributed by atoms with Crippen molar-refractivity contribution < 1.29 is 4.79 Å². The number of rotatable bonds is 3. The number of hydrogen-bond donors (Lipinski definition) is 1. The molecule has 1 N–H and O–H groups in total. The lowest BCUT2D eigenvalue weighted by atomic mass is 10.2. The zero-order chi connectivity index (χ0) is 17.4. The summed E-state index contributed by atoms with van der Waals surface area (Å²) in [6.07, 6.45) is 1.60. The third kappa shape index (κ3) is 2.89. The van der Waals surface area contributed by atoms with Gasteiger partial charge in [0.1, 0.15) is 11.4 Å². The van der Waals surface area contributed by atoms with Gasteiger partial charge in [-0.05, 0) is 66.5 Å². The van der Waals surface area contributed by atoms with Gasteiger partial charge in [-0.2, -0.15) is 5.10 Å². The largest absolute Gasteiger partial charge is 0.321 e. The van der Waals surface area contributed by atoms with E-state index in [1.54, 1.807) is 10.9 Å². The second-order valence-electron chi connectivity index (χ2n) is 5.89. The summed E-state index contributed by atoms with van der Waals surface area (Å²) in [5.41, 5.74) is 4.51. The van der Waals surface area contributed by atoms with E-state index in [1.165, 1.54) is 0 Å². The second kappa shape index (κ2) is 6.28. The number of carbonyl (C=O) groups is 1. The van der Waals surface area contributed by atoms with Gasteiger partial charge >= 0.3 is 0 Å². The molecular weight excluding hydrogens is 368 g/mol. The van der Waals surface area contributed by atoms with Crippen LogP contribution >= 0.6 is 15.9 Å². The van der Waals surface area contributed by atoms with Gasteiger partial charge in [-0.15, -0.1) is 0 Å². The van der Waals surface area contributed by atoms with Gasteiger partial charge in [-0.1, -0.05) is 6.07 Å². The number of anilines is 1. The van der Waals surface area contributed by atoms with Gasteiger partial charge < -0.3 is 9.88 Å². The van der Waals surface area contributed by atoms with Gasteiger partial charge in [0.05, 0.1) is 11.9 Å². The van der Waals surface area contributed by atoms with E-state index >= 15 is 0 Å². The van der Waals surface area contributed by atoms with E-state index in [-0.39, 0.29) is 5.91 Å². The lowest BCUT2D eigenvalue weighted by Crippen LogP contribution is -2.16. The molecule has 0 spiro atoms. The molecule has 0 saturated carbocycles. The van der Waals surface area contributed by atoms with Crippen LogP contribution in [0.3, 0.4) is 0 Å². The van der Waals surface area contributed by atoms with E-state index in [0.717, 1.165) is 32.9 Å². The van der Waals surface area contributed by atoms with Gasteiger partial charge in [0.2, 0.25) is 0 Å². The van der Waals surface area contributed by atoms with Gasteiger partial charge in [0.25, 0.3) is 5.91 Å². The number of benzene rings is 1. The summed E-state index contributed by atoms with van der Waals surface area (Å²) < 4.78 is 4.61. The SMILES string of the molecule is Cc1ccc(NC(=O)c2cnn(C)c2-n2c(C)ccc2C)c(Br)c1. The fraction of sp³-hybridized carbons (Fsp3) is 0.222.